The van der Waals surface area contributed by atoms with Gasteiger partial charge < -0.3 is 15.6 Å². The number of carbonyl (C=O) groups excluding carboxylic acids is 1. The Morgan fingerprint density at radius 1 is 1.42 bits per heavy atom. The van der Waals surface area contributed by atoms with Gasteiger partial charge in [-0.2, -0.15) is 0 Å². The summed E-state index contributed by atoms with van der Waals surface area (Å²) in [6.45, 7) is 0.935. The van der Waals surface area contributed by atoms with Crippen LogP contribution in [0.25, 0.3) is 0 Å². The van der Waals surface area contributed by atoms with Gasteiger partial charge in [-0.1, -0.05) is 6.07 Å². The Labute approximate surface area is 108 Å². The molecule has 2 rings (SSSR count). The highest BCUT2D eigenvalue weighted by Crippen LogP contribution is 2.17. The molecule has 7 heteroatoms. The van der Waals surface area contributed by atoms with Crippen LogP contribution in [0.15, 0.2) is 30.7 Å². The zero-order valence-electron chi connectivity index (χ0n) is 9.94. The number of nitrogens with one attached hydrogen (secondary N) is 1. The number of nitrogens with zero attached hydrogens (tertiary/aromatic N) is 2. The number of anilines is 1. The number of imidazole rings is 1. The Morgan fingerprint density at radius 2 is 2.21 bits per heavy atom. The number of amides is 1. The largest absolute Gasteiger partial charge is 0.335 e. The standard InChI is InChI=1S/C12H12F2N4O/c13-8-2-1-3-9(11(8)14)17-12(19)10-6-18(5-4-15)7-16-10/h1-3,6-7H,4-5,15H2,(H,17,19). The van der Waals surface area contributed by atoms with E-state index in [0.29, 0.717) is 13.1 Å². The van der Waals surface area contributed by atoms with Crippen molar-refractivity contribution in [2.45, 2.75) is 6.54 Å². The first kappa shape index (κ1) is 13.2. The zero-order chi connectivity index (χ0) is 13.8. The minimum Gasteiger partial charge on any atom is -0.335 e. The fraction of sp³-hybridized carbons (Fsp3) is 0.167. The molecule has 1 aromatic carbocycles. The zero-order valence-corrected chi connectivity index (χ0v) is 9.94. The van der Waals surface area contributed by atoms with Gasteiger partial charge in [0.25, 0.3) is 5.91 Å². The van der Waals surface area contributed by atoms with E-state index >= 15 is 0 Å². The lowest BCUT2D eigenvalue weighted by molar-refractivity contribution is 0.102. The third-order valence-electron chi connectivity index (χ3n) is 2.45. The highest BCUT2D eigenvalue weighted by atomic mass is 19.2. The summed E-state index contributed by atoms with van der Waals surface area (Å²) in [5.41, 5.74) is 5.25. The molecule has 0 aliphatic heterocycles. The number of benzene rings is 1. The summed E-state index contributed by atoms with van der Waals surface area (Å²) in [7, 11) is 0. The third kappa shape index (κ3) is 2.94. The van der Waals surface area contributed by atoms with E-state index < -0.39 is 17.5 Å². The molecule has 0 bridgehead atoms. The van der Waals surface area contributed by atoms with Gasteiger partial charge in [0.1, 0.15) is 5.69 Å². The molecule has 0 aliphatic rings. The van der Waals surface area contributed by atoms with Crippen LogP contribution in [-0.4, -0.2) is 22.0 Å². The highest BCUT2D eigenvalue weighted by molar-refractivity contribution is 6.02. The minimum atomic E-state index is -1.10. The Balaban J connectivity index is 2.14. The topological polar surface area (TPSA) is 72.9 Å². The van der Waals surface area contributed by atoms with Crippen LogP contribution in [0, 0.1) is 11.6 Å². The lowest BCUT2D eigenvalue weighted by Gasteiger charge is -2.04. The molecule has 0 aliphatic carbocycles. The van der Waals surface area contributed by atoms with Gasteiger partial charge in [-0.25, -0.2) is 13.8 Å². The number of hydrogen-bond donors (Lipinski definition) is 2. The van der Waals surface area contributed by atoms with Crippen molar-refractivity contribution in [3.8, 4) is 0 Å². The number of carbonyl (C=O) groups is 1. The van der Waals surface area contributed by atoms with Crippen LogP contribution in [0.4, 0.5) is 14.5 Å². The second kappa shape index (κ2) is 5.57. The van der Waals surface area contributed by atoms with Crippen molar-refractivity contribution >= 4 is 11.6 Å². The molecule has 0 radical (unpaired) electrons. The maximum absolute atomic E-state index is 13.4. The van der Waals surface area contributed by atoms with E-state index in [1.165, 1.54) is 24.7 Å². The van der Waals surface area contributed by atoms with Gasteiger partial charge in [0.05, 0.1) is 12.0 Å². The molecule has 1 aromatic heterocycles. The van der Waals surface area contributed by atoms with E-state index in [1.54, 1.807) is 4.57 Å². The maximum atomic E-state index is 13.4. The number of halogens is 2. The van der Waals surface area contributed by atoms with Crippen LogP contribution >= 0.6 is 0 Å². The van der Waals surface area contributed by atoms with Crippen molar-refractivity contribution < 1.29 is 13.6 Å². The van der Waals surface area contributed by atoms with Crippen LogP contribution < -0.4 is 11.1 Å². The molecular formula is C12H12F2N4O. The number of nitrogens with two attached hydrogens (primary N) is 1. The van der Waals surface area contributed by atoms with Crippen molar-refractivity contribution in [1.29, 1.82) is 0 Å². The normalized spacial score (nSPS) is 10.5. The molecule has 0 saturated carbocycles. The Kier molecular flexibility index (Phi) is 3.86. The summed E-state index contributed by atoms with van der Waals surface area (Å²) >= 11 is 0. The van der Waals surface area contributed by atoms with Crippen LogP contribution in [-0.2, 0) is 6.54 Å². The molecular weight excluding hydrogens is 254 g/mol. The van der Waals surface area contributed by atoms with E-state index in [9.17, 15) is 13.6 Å². The maximum Gasteiger partial charge on any atom is 0.275 e. The van der Waals surface area contributed by atoms with Crippen LogP contribution in [0.1, 0.15) is 10.5 Å². The first-order valence-electron chi connectivity index (χ1n) is 5.59. The summed E-state index contributed by atoms with van der Waals surface area (Å²) in [5.74, 6) is -2.73. The summed E-state index contributed by atoms with van der Waals surface area (Å²) in [6, 6.07) is 3.55. The molecule has 2 aromatic rings. The predicted molar refractivity (Wildman–Crippen MR) is 65.6 cm³/mol. The Morgan fingerprint density at radius 3 is 2.95 bits per heavy atom. The SMILES string of the molecule is NCCn1cnc(C(=O)Nc2cccc(F)c2F)c1. The van der Waals surface area contributed by atoms with E-state index in [1.807, 2.05) is 0 Å². The third-order valence-corrected chi connectivity index (χ3v) is 2.45. The Hall–Kier alpha value is -2.28. The van der Waals surface area contributed by atoms with Crippen molar-refractivity contribution in [2.75, 3.05) is 11.9 Å². The van der Waals surface area contributed by atoms with Gasteiger partial charge >= 0.3 is 0 Å². The van der Waals surface area contributed by atoms with Gasteiger partial charge in [0.2, 0.25) is 0 Å². The number of aromatic nitrogens is 2. The molecule has 0 fully saturated rings. The van der Waals surface area contributed by atoms with E-state index in [4.69, 9.17) is 5.73 Å². The van der Waals surface area contributed by atoms with Gasteiger partial charge in [0.15, 0.2) is 11.6 Å². The minimum absolute atomic E-state index is 0.108. The Bertz CT molecular complexity index is 597. The first-order chi connectivity index (χ1) is 9.11. The molecule has 0 saturated heterocycles. The average molecular weight is 266 g/mol. The molecule has 5 nitrogen and oxygen atoms in total. The molecule has 0 spiro atoms. The first-order valence-corrected chi connectivity index (χ1v) is 5.59. The van der Waals surface area contributed by atoms with Gasteiger partial charge in [-0.05, 0) is 12.1 Å². The van der Waals surface area contributed by atoms with E-state index in [0.717, 1.165) is 6.07 Å². The quantitative estimate of drug-likeness (QED) is 0.877. The van der Waals surface area contributed by atoms with Crippen molar-refractivity contribution in [2.24, 2.45) is 5.73 Å². The molecule has 1 amide bonds. The second-order valence-corrected chi connectivity index (χ2v) is 3.84. The molecule has 0 atom stereocenters. The molecule has 0 unspecified atom stereocenters. The van der Waals surface area contributed by atoms with Crippen molar-refractivity contribution in [3.05, 3.63) is 48.1 Å². The molecule has 3 N–H and O–H groups in total. The summed E-state index contributed by atoms with van der Waals surface area (Å²) in [6.07, 6.45) is 2.93. The fourth-order valence-electron chi connectivity index (χ4n) is 1.54. The molecule has 1 heterocycles. The fourth-order valence-corrected chi connectivity index (χ4v) is 1.54. The van der Waals surface area contributed by atoms with Crippen LogP contribution in [0.2, 0.25) is 0 Å². The van der Waals surface area contributed by atoms with Crippen molar-refractivity contribution in [3.63, 3.8) is 0 Å². The van der Waals surface area contributed by atoms with Crippen LogP contribution in [0.3, 0.4) is 0 Å². The molecule has 19 heavy (non-hydrogen) atoms. The monoisotopic (exact) mass is 266 g/mol. The summed E-state index contributed by atoms with van der Waals surface area (Å²) < 4.78 is 28.0. The second-order valence-electron chi connectivity index (χ2n) is 3.84. The lowest BCUT2D eigenvalue weighted by Crippen LogP contribution is -2.14. The average Bonchev–Trinajstić information content (AvgIpc) is 2.84. The van der Waals surface area contributed by atoms with Crippen LogP contribution in [0.5, 0.6) is 0 Å². The predicted octanol–water partition coefficient (Wildman–Crippen LogP) is 1.37. The highest BCUT2D eigenvalue weighted by Gasteiger charge is 2.14. The summed E-state index contributed by atoms with van der Waals surface area (Å²) in [5, 5.41) is 2.26. The summed E-state index contributed by atoms with van der Waals surface area (Å²) in [4.78, 5) is 15.7. The van der Waals surface area contributed by atoms with Gasteiger partial charge in [-0.3, -0.25) is 4.79 Å². The van der Waals surface area contributed by atoms with E-state index in [2.05, 4.69) is 10.3 Å². The number of rotatable bonds is 4. The van der Waals surface area contributed by atoms with Gasteiger partial charge in [0, 0.05) is 19.3 Å². The number of hydrogen-bond acceptors (Lipinski definition) is 3. The van der Waals surface area contributed by atoms with E-state index in [-0.39, 0.29) is 11.4 Å². The lowest BCUT2D eigenvalue weighted by atomic mass is 10.3. The van der Waals surface area contributed by atoms with Crippen molar-refractivity contribution in [1.82, 2.24) is 9.55 Å². The molecule has 100 valence electrons. The smallest absolute Gasteiger partial charge is 0.275 e. The van der Waals surface area contributed by atoms with Gasteiger partial charge in [-0.15, -0.1) is 0 Å².